The van der Waals surface area contributed by atoms with Crippen LogP contribution in [0.4, 0.5) is 5.69 Å². The molecular weight excluding hydrogens is 462 g/mol. The first-order valence-electron chi connectivity index (χ1n) is 12.0. The lowest BCUT2D eigenvalue weighted by atomic mass is 10.1. The Morgan fingerprint density at radius 3 is 2.80 bits per heavy atom. The number of thiazole rings is 1. The molecule has 0 aliphatic carbocycles. The average Bonchev–Trinajstić information content (AvgIpc) is 3.33. The first-order valence-corrected chi connectivity index (χ1v) is 12.9. The number of nitrogens with zero attached hydrogens (tertiary/aromatic N) is 2. The normalized spacial score (nSPS) is 14.0. The number of hydrogen-bond donors (Lipinski definition) is 1. The monoisotopic (exact) mass is 493 g/mol. The number of ether oxygens (including phenoxy) is 2. The lowest BCUT2D eigenvalue weighted by molar-refractivity contribution is -0.115. The molecule has 1 fully saturated rings. The third kappa shape index (κ3) is 7.45. The van der Waals surface area contributed by atoms with E-state index in [0.29, 0.717) is 17.9 Å². The van der Waals surface area contributed by atoms with E-state index in [1.54, 1.807) is 24.3 Å². The van der Waals surface area contributed by atoms with Crippen LogP contribution in [-0.2, 0) is 27.2 Å². The van der Waals surface area contributed by atoms with E-state index in [-0.39, 0.29) is 18.3 Å². The zero-order chi connectivity index (χ0) is 24.5. The molecule has 0 unspecified atom stereocenters. The van der Waals surface area contributed by atoms with E-state index in [1.807, 2.05) is 12.3 Å². The Hall–Kier alpha value is -3.07. The first kappa shape index (κ1) is 25.0. The minimum atomic E-state index is -0.380. The standard InChI is InChI=1S/C27H31N3O4S/c1-2-3-12-34-27(32)22-8-5-9-23(16-22)28-25(31)17-24-19-35-26(29-24)21-7-4-6-20(15-21)18-30-10-13-33-14-11-30/h4-9,15-16,19H,2-3,10-14,17-18H2,1H3,(H,28,31). The van der Waals surface area contributed by atoms with Crippen molar-refractivity contribution in [2.24, 2.45) is 0 Å². The van der Waals surface area contributed by atoms with Crippen LogP contribution < -0.4 is 5.32 Å². The molecule has 0 saturated carbocycles. The van der Waals surface area contributed by atoms with Gasteiger partial charge in [-0.3, -0.25) is 9.69 Å². The summed E-state index contributed by atoms with van der Waals surface area (Å²) in [6.07, 6.45) is 1.95. The zero-order valence-corrected chi connectivity index (χ0v) is 20.8. The van der Waals surface area contributed by atoms with Crippen molar-refractivity contribution in [1.29, 1.82) is 0 Å². The molecule has 0 atom stereocenters. The molecule has 3 aromatic rings. The van der Waals surface area contributed by atoms with Gasteiger partial charge in [0.15, 0.2) is 0 Å². The summed E-state index contributed by atoms with van der Waals surface area (Å²) >= 11 is 1.54. The Balaban J connectivity index is 1.33. The van der Waals surface area contributed by atoms with Crippen LogP contribution >= 0.6 is 11.3 Å². The van der Waals surface area contributed by atoms with Gasteiger partial charge in [-0.15, -0.1) is 11.3 Å². The summed E-state index contributed by atoms with van der Waals surface area (Å²) in [4.78, 5) is 31.9. The predicted molar refractivity (Wildman–Crippen MR) is 138 cm³/mol. The molecule has 2 heterocycles. The van der Waals surface area contributed by atoms with Gasteiger partial charge < -0.3 is 14.8 Å². The third-order valence-corrected chi connectivity index (χ3v) is 6.63. The SMILES string of the molecule is CCCCOC(=O)c1cccc(NC(=O)Cc2csc(-c3cccc(CN4CCOCC4)c3)n2)c1. The van der Waals surface area contributed by atoms with Crippen LogP contribution in [0.1, 0.15) is 41.4 Å². The molecule has 1 amide bonds. The molecule has 0 spiro atoms. The lowest BCUT2D eigenvalue weighted by Gasteiger charge is -2.26. The number of anilines is 1. The Kier molecular flexibility index (Phi) is 9.00. The molecule has 1 saturated heterocycles. The molecule has 1 N–H and O–H groups in total. The van der Waals surface area contributed by atoms with Gasteiger partial charge in [0.2, 0.25) is 5.91 Å². The number of benzene rings is 2. The van der Waals surface area contributed by atoms with Crippen molar-refractivity contribution < 1.29 is 19.1 Å². The van der Waals surface area contributed by atoms with Gasteiger partial charge in [-0.2, -0.15) is 0 Å². The van der Waals surface area contributed by atoms with Crippen LogP contribution in [0.15, 0.2) is 53.9 Å². The molecule has 1 aliphatic heterocycles. The molecule has 8 heteroatoms. The van der Waals surface area contributed by atoms with E-state index in [9.17, 15) is 9.59 Å². The molecule has 4 rings (SSSR count). The minimum absolute atomic E-state index is 0.162. The summed E-state index contributed by atoms with van der Waals surface area (Å²) in [7, 11) is 0. The number of rotatable bonds is 10. The second-order valence-electron chi connectivity index (χ2n) is 8.53. The second-order valence-corrected chi connectivity index (χ2v) is 9.39. The molecule has 1 aromatic heterocycles. The van der Waals surface area contributed by atoms with E-state index in [0.717, 1.165) is 62.0 Å². The van der Waals surface area contributed by atoms with E-state index in [1.165, 1.54) is 16.9 Å². The van der Waals surface area contributed by atoms with E-state index >= 15 is 0 Å². The summed E-state index contributed by atoms with van der Waals surface area (Å²) in [5, 5.41) is 5.68. The van der Waals surface area contributed by atoms with Crippen LogP contribution in [0.3, 0.4) is 0 Å². The number of nitrogens with one attached hydrogen (secondary N) is 1. The van der Waals surface area contributed by atoms with Crippen LogP contribution in [0.25, 0.3) is 10.6 Å². The summed E-state index contributed by atoms with van der Waals surface area (Å²) in [6, 6.07) is 15.2. The van der Waals surface area contributed by atoms with E-state index < -0.39 is 0 Å². The molecule has 0 bridgehead atoms. The van der Waals surface area contributed by atoms with Gasteiger partial charge in [-0.1, -0.05) is 37.6 Å². The number of unbranched alkanes of at least 4 members (excludes halogenated alkanes) is 1. The van der Waals surface area contributed by atoms with Gasteiger partial charge >= 0.3 is 5.97 Å². The number of hydrogen-bond acceptors (Lipinski definition) is 7. The Morgan fingerprint density at radius 1 is 1.14 bits per heavy atom. The zero-order valence-electron chi connectivity index (χ0n) is 20.0. The summed E-state index contributed by atoms with van der Waals surface area (Å²) < 4.78 is 10.7. The Labute approximate surface area is 210 Å². The molecule has 2 aromatic carbocycles. The molecule has 184 valence electrons. The molecule has 0 radical (unpaired) electrons. The van der Waals surface area contributed by atoms with Crippen LogP contribution in [-0.4, -0.2) is 54.7 Å². The van der Waals surface area contributed by atoms with Crippen molar-refractivity contribution in [1.82, 2.24) is 9.88 Å². The fourth-order valence-corrected chi connectivity index (χ4v) is 4.64. The highest BCUT2D eigenvalue weighted by Gasteiger charge is 2.14. The Bertz CT molecular complexity index is 1140. The highest BCUT2D eigenvalue weighted by molar-refractivity contribution is 7.13. The smallest absolute Gasteiger partial charge is 0.338 e. The highest BCUT2D eigenvalue weighted by atomic mass is 32.1. The van der Waals surface area contributed by atoms with Crippen molar-refractivity contribution in [3.63, 3.8) is 0 Å². The number of carbonyl (C=O) groups is 2. The highest BCUT2D eigenvalue weighted by Crippen LogP contribution is 2.25. The maximum atomic E-state index is 12.6. The number of carbonyl (C=O) groups excluding carboxylic acids is 2. The van der Waals surface area contributed by atoms with Crippen LogP contribution in [0, 0.1) is 0 Å². The largest absolute Gasteiger partial charge is 0.462 e. The van der Waals surface area contributed by atoms with Crippen molar-refractivity contribution in [3.8, 4) is 10.6 Å². The van der Waals surface area contributed by atoms with Gasteiger partial charge in [0, 0.05) is 36.3 Å². The van der Waals surface area contributed by atoms with Crippen LogP contribution in [0.2, 0.25) is 0 Å². The third-order valence-electron chi connectivity index (χ3n) is 5.69. The second kappa shape index (κ2) is 12.6. The van der Waals surface area contributed by atoms with E-state index in [4.69, 9.17) is 9.47 Å². The number of aromatic nitrogens is 1. The van der Waals surface area contributed by atoms with Crippen molar-refractivity contribution in [2.45, 2.75) is 32.7 Å². The average molecular weight is 494 g/mol. The van der Waals surface area contributed by atoms with Gasteiger partial charge in [0.25, 0.3) is 0 Å². The van der Waals surface area contributed by atoms with Crippen LogP contribution in [0.5, 0.6) is 0 Å². The Morgan fingerprint density at radius 2 is 1.97 bits per heavy atom. The van der Waals surface area contributed by atoms with E-state index in [2.05, 4.69) is 39.5 Å². The first-order chi connectivity index (χ1) is 17.1. The van der Waals surface area contributed by atoms with Gasteiger partial charge in [-0.25, -0.2) is 9.78 Å². The quantitative estimate of drug-likeness (QED) is 0.323. The molecule has 1 aliphatic rings. The van der Waals surface area contributed by atoms with Crippen molar-refractivity contribution in [2.75, 3.05) is 38.2 Å². The lowest BCUT2D eigenvalue weighted by Crippen LogP contribution is -2.35. The van der Waals surface area contributed by atoms with Gasteiger partial charge in [-0.05, 0) is 36.2 Å². The number of morpholine rings is 1. The summed E-state index contributed by atoms with van der Waals surface area (Å²) in [5.41, 5.74) is 4.00. The molecule has 7 nitrogen and oxygen atoms in total. The maximum Gasteiger partial charge on any atom is 0.338 e. The van der Waals surface area contributed by atoms with Crippen molar-refractivity contribution in [3.05, 3.63) is 70.7 Å². The predicted octanol–water partition coefficient (Wildman–Crippen LogP) is 4.78. The molecular formula is C27H31N3O4S. The number of esters is 1. The number of amides is 1. The minimum Gasteiger partial charge on any atom is -0.462 e. The fraction of sp³-hybridized carbons (Fsp3) is 0.370. The van der Waals surface area contributed by atoms with Crippen molar-refractivity contribution >= 4 is 28.9 Å². The topological polar surface area (TPSA) is 80.8 Å². The van der Waals surface area contributed by atoms with Gasteiger partial charge in [0.05, 0.1) is 37.5 Å². The summed E-state index contributed by atoms with van der Waals surface area (Å²) in [5.74, 6) is -0.561. The summed E-state index contributed by atoms with van der Waals surface area (Å²) in [6.45, 7) is 6.79. The van der Waals surface area contributed by atoms with Gasteiger partial charge in [0.1, 0.15) is 5.01 Å². The maximum absolute atomic E-state index is 12.6. The molecule has 35 heavy (non-hydrogen) atoms. The fourth-order valence-electron chi connectivity index (χ4n) is 3.83.